The van der Waals surface area contributed by atoms with Gasteiger partial charge in [-0.3, -0.25) is 4.79 Å². The van der Waals surface area contributed by atoms with E-state index in [1.54, 1.807) is 0 Å². The molecule has 0 bridgehead atoms. The largest absolute Gasteiger partial charge is 0.388 e. The van der Waals surface area contributed by atoms with Crippen molar-refractivity contribution in [2.45, 2.75) is 6.92 Å². The number of aryl methyl sites for hydroxylation is 1. The number of anilines is 1. The molecule has 0 radical (unpaired) electrons. The van der Waals surface area contributed by atoms with Crippen molar-refractivity contribution in [2.24, 2.45) is 0 Å². The molecular formula is C9H11NO. The van der Waals surface area contributed by atoms with Crippen LogP contribution in [0, 0.1) is 6.92 Å². The van der Waals surface area contributed by atoms with Crippen molar-refractivity contribution >= 4 is 12.0 Å². The van der Waals surface area contributed by atoms with Crippen molar-refractivity contribution in [3.8, 4) is 0 Å². The van der Waals surface area contributed by atoms with Gasteiger partial charge in [0.2, 0.25) is 0 Å². The van der Waals surface area contributed by atoms with E-state index < -0.39 is 0 Å². The van der Waals surface area contributed by atoms with E-state index in [1.165, 1.54) is 0 Å². The normalized spacial score (nSPS) is 9.27. The van der Waals surface area contributed by atoms with E-state index in [0.717, 1.165) is 17.5 Å². The third kappa shape index (κ3) is 1.80. The Bertz CT molecular complexity index is 268. The maximum atomic E-state index is 10.4. The molecule has 2 heteroatoms. The molecule has 0 aliphatic rings. The van der Waals surface area contributed by atoms with Crippen molar-refractivity contribution in [1.82, 2.24) is 0 Å². The van der Waals surface area contributed by atoms with Gasteiger partial charge in [-0.05, 0) is 30.7 Å². The van der Waals surface area contributed by atoms with Gasteiger partial charge in [-0.25, -0.2) is 0 Å². The summed E-state index contributed by atoms with van der Waals surface area (Å²) in [5.41, 5.74) is 2.79. The van der Waals surface area contributed by atoms with Crippen LogP contribution in [0.1, 0.15) is 15.9 Å². The highest BCUT2D eigenvalue weighted by molar-refractivity contribution is 5.77. The molecule has 1 aromatic carbocycles. The third-order valence-electron chi connectivity index (χ3n) is 1.52. The van der Waals surface area contributed by atoms with Crippen molar-refractivity contribution in [3.63, 3.8) is 0 Å². The first-order valence-corrected chi connectivity index (χ1v) is 3.51. The molecule has 11 heavy (non-hydrogen) atoms. The molecule has 0 saturated heterocycles. The summed E-state index contributed by atoms with van der Waals surface area (Å²) in [6.45, 7) is 1.97. The van der Waals surface area contributed by atoms with E-state index in [0.29, 0.717) is 5.56 Å². The predicted molar refractivity (Wildman–Crippen MR) is 46.1 cm³/mol. The first-order chi connectivity index (χ1) is 5.26. The van der Waals surface area contributed by atoms with E-state index in [1.807, 2.05) is 32.2 Å². The Labute approximate surface area is 66.2 Å². The second-order valence-corrected chi connectivity index (χ2v) is 2.50. The Kier molecular flexibility index (Phi) is 2.26. The number of carbonyl (C=O) groups is 1. The monoisotopic (exact) mass is 149 g/mol. The summed E-state index contributed by atoms with van der Waals surface area (Å²) in [6, 6.07) is 5.67. The molecule has 0 saturated carbocycles. The minimum absolute atomic E-state index is 0.717. The van der Waals surface area contributed by atoms with Gasteiger partial charge in [0.15, 0.2) is 0 Å². The van der Waals surface area contributed by atoms with Crippen molar-refractivity contribution < 1.29 is 4.79 Å². The topological polar surface area (TPSA) is 29.1 Å². The highest BCUT2D eigenvalue weighted by atomic mass is 16.1. The summed E-state index contributed by atoms with van der Waals surface area (Å²) in [7, 11) is 1.84. The number of hydrogen-bond acceptors (Lipinski definition) is 2. The fraction of sp³-hybridized carbons (Fsp3) is 0.222. The zero-order chi connectivity index (χ0) is 8.27. The van der Waals surface area contributed by atoms with E-state index in [-0.39, 0.29) is 0 Å². The molecule has 2 nitrogen and oxygen atoms in total. The van der Waals surface area contributed by atoms with Crippen molar-refractivity contribution in [2.75, 3.05) is 12.4 Å². The number of benzene rings is 1. The number of hydrogen-bond donors (Lipinski definition) is 1. The van der Waals surface area contributed by atoms with Crippen LogP contribution < -0.4 is 5.32 Å². The highest BCUT2D eigenvalue weighted by Gasteiger charge is 1.94. The minimum atomic E-state index is 0.717. The smallest absolute Gasteiger partial charge is 0.150 e. The lowest BCUT2D eigenvalue weighted by atomic mass is 10.1. The molecule has 1 aromatic rings. The van der Waals surface area contributed by atoms with E-state index in [4.69, 9.17) is 0 Å². The number of rotatable bonds is 2. The molecule has 0 heterocycles. The van der Waals surface area contributed by atoms with Gasteiger partial charge in [0.1, 0.15) is 6.29 Å². The Hall–Kier alpha value is -1.31. The van der Waals surface area contributed by atoms with Crippen LogP contribution in [0.3, 0.4) is 0 Å². The van der Waals surface area contributed by atoms with E-state index in [9.17, 15) is 4.79 Å². The van der Waals surface area contributed by atoms with Crippen molar-refractivity contribution in [3.05, 3.63) is 29.3 Å². The van der Waals surface area contributed by atoms with Crippen LogP contribution >= 0.6 is 0 Å². The lowest BCUT2D eigenvalue weighted by molar-refractivity contribution is 0.112. The van der Waals surface area contributed by atoms with E-state index in [2.05, 4.69) is 5.32 Å². The van der Waals surface area contributed by atoms with Gasteiger partial charge < -0.3 is 5.32 Å². The van der Waals surface area contributed by atoms with Gasteiger partial charge in [-0.15, -0.1) is 0 Å². The summed E-state index contributed by atoms with van der Waals surface area (Å²) in [5, 5.41) is 2.98. The number of carbonyl (C=O) groups excluding carboxylic acids is 1. The quantitative estimate of drug-likeness (QED) is 0.650. The van der Waals surface area contributed by atoms with Gasteiger partial charge in [0, 0.05) is 18.3 Å². The lowest BCUT2D eigenvalue weighted by Gasteiger charge is -2.01. The standard InChI is InChI=1S/C9H11NO/c1-7-3-8(6-11)5-9(4-7)10-2/h3-6,10H,1-2H3. The van der Waals surface area contributed by atoms with Crippen LogP contribution in [0.4, 0.5) is 5.69 Å². The third-order valence-corrected chi connectivity index (χ3v) is 1.52. The van der Waals surface area contributed by atoms with Crippen molar-refractivity contribution in [1.29, 1.82) is 0 Å². The molecule has 1 rings (SSSR count). The maximum absolute atomic E-state index is 10.4. The van der Waals surface area contributed by atoms with Gasteiger partial charge >= 0.3 is 0 Å². The SMILES string of the molecule is CNc1cc(C)cc(C=O)c1. The molecule has 1 N–H and O–H groups in total. The average Bonchev–Trinajstić information content (AvgIpc) is 2.03. The van der Waals surface area contributed by atoms with Crippen LogP contribution in [-0.2, 0) is 0 Å². The maximum Gasteiger partial charge on any atom is 0.150 e. The zero-order valence-corrected chi connectivity index (χ0v) is 6.72. The summed E-state index contributed by atoms with van der Waals surface area (Å²) in [6.07, 6.45) is 0.855. The molecular weight excluding hydrogens is 138 g/mol. The average molecular weight is 149 g/mol. The Balaban J connectivity index is 3.11. The summed E-state index contributed by atoms with van der Waals surface area (Å²) in [5.74, 6) is 0. The fourth-order valence-corrected chi connectivity index (χ4v) is 1.03. The molecule has 0 unspecified atom stereocenters. The summed E-state index contributed by atoms with van der Waals surface area (Å²) in [4.78, 5) is 10.4. The molecule has 0 aromatic heterocycles. The number of aldehydes is 1. The van der Waals surface area contributed by atoms with Gasteiger partial charge in [-0.1, -0.05) is 0 Å². The van der Waals surface area contributed by atoms with Gasteiger partial charge in [-0.2, -0.15) is 0 Å². The second kappa shape index (κ2) is 3.19. The first-order valence-electron chi connectivity index (χ1n) is 3.51. The highest BCUT2D eigenvalue weighted by Crippen LogP contribution is 2.11. The van der Waals surface area contributed by atoms with E-state index >= 15 is 0 Å². The summed E-state index contributed by atoms with van der Waals surface area (Å²) >= 11 is 0. The van der Waals surface area contributed by atoms with Crippen LogP contribution in [0.25, 0.3) is 0 Å². The molecule has 0 fully saturated rings. The Morgan fingerprint density at radius 2 is 2.09 bits per heavy atom. The predicted octanol–water partition coefficient (Wildman–Crippen LogP) is 1.85. The van der Waals surface area contributed by atoms with Crippen LogP contribution in [-0.4, -0.2) is 13.3 Å². The Morgan fingerprint density at radius 3 is 2.64 bits per heavy atom. The Morgan fingerprint density at radius 1 is 1.36 bits per heavy atom. The minimum Gasteiger partial charge on any atom is -0.388 e. The number of nitrogens with one attached hydrogen (secondary N) is 1. The fourth-order valence-electron chi connectivity index (χ4n) is 1.03. The van der Waals surface area contributed by atoms with Crippen LogP contribution in [0.2, 0.25) is 0 Å². The molecule has 0 aliphatic heterocycles. The lowest BCUT2D eigenvalue weighted by Crippen LogP contribution is -1.90. The summed E-state index contributed by atoms with van der Waals surface area (Å²) < 4.78 is 0. The molecule has 0 aliphatic carbocycles. The second-order valence-electron chi connectivity index (χ2n) is 2.50. The van der Waals surface area contributed by atoms with Crippen LogP contribution in [0.15, 0.2) is 18.2 Å². The molecule has 0 atom stereocenters. The zero-order valence-electron chi connectivity index (χ0n) is 6.72. The first kappa shape index (κ1) is 7.79. The van der Waals surface area contributed by atoms with Gasteiger partial charge in [0.05, 0.1) is 0 Å². The van der Waals surface area contributed by atoms with Crippen LogP contribution in [0.5, 0.6) is 0 Å². The molecule has 0 amide bonds. The molecule has 0 spiro atoms. The van der Waals surface area contributed by atoms with Gasteiger partial charge in [0.25, 0.3) is 0 Å². The molecule has 58 valence electrons.